The van der Waals surface area contributed by atoms with Gasteiger partial charge < -0.3 is 19.7 Å². The van der Waals surface area contributed by atoms with E-state index in [1.807, 2.05) is 18.2 Å². The van der Waals surface area contributed by atoms with E-state index in [0.717, 1.165) is 12.1 Å². The van der Waals surface area contributed by atoms with Gasteiger partial charge in [0.15, 0.2) is 11.5 Å². The normalized spacial score (nSPS) is 18.7. The molecule has 2 heterocycles. The van der Waals surface area contributed by atoms with Crippen LogP contribution in [0.3, 0.4) is 0 Å². The van der Waals surface area contributed by atoms with E-state index in [1.54, 1.807) is 23.1 Å². The van der Waals surface area contributed by atoms with Gasteiger partial charge in [-0.1, -0.05) is 26.0 Å². The minimum Gasteiger partial charge on any atom is -0.490 e. The van der Waals surface area contributed by atoms with Crippen LogP contribution in [0.15, 0.2) is 42.5 Å². The average Bonchev–Trinajstić information content (AvgIpc) is 2.95. The highest BCUT2D eigenvalue weighted by Gasteiger charge is 2.35. The van der Waals surface area contributed by atoms with Crippen LogP contribution in [0.2, 0.25) is 0 Å². The van der Waals surface area contributed by atoms with Crippen molar-refractivity contribution in [3.63, 3.8) is 0 Å². The van der Waals surface area contributed by atoms with Crippen LogP contribution in [0.25, 0.3) is 0 Å². The number of carbonyl (C=O) groups is 2. The number of hydrogen-bond donors (Lipinski definition) is 1. The summed E-state index contributed by atoms with van der Waals surface area (Å²) in [6, 6.07) is 13.4. The fourth-order valence-corrected chi connectivity index (χ4v) is 3.67. The number of nitrogens with one attached hydrogen (secondary N) is 1. The lowest BCUT2D eigenvalue weighted by Gasteiger charge is -2.18. The highest BCUT2D eigenvalue weighted by atomic mass is 16.5. The van der Waals surface area contributed by atoms with Crippen LogP contribution >= 0.6 is 0 Å². The first-order chi connectivity index (χ1) is 14.0. The molecule has 0 saturated carbocycles. The van der Waals surface area contributed by atoms with Gasteiger partial charge in [0.25, 0.3) is 0 Å². The molecule has 29 heavy (non-hydrogen) atoms. The molecule has 4 rings (SSSR count). The number of ether oxygens (including phenoxy) is 2. The first-order valence-corrected chi connectivity index (χ1v) is 10.1. The van der Waals surface area contributed by atoms with E-state index in [4.69, 9.17) is 9.47 Å². The number of nitrogens with zero attached hydrogens (tertiary/aromatic N) is 1. The van der Waals surface area contributed by atoms with Crippen molar-refractivity contribution in [3.8, 4) is 11.5 Å². The first-order valence-electron chi connectivity index (χ1n) is 10.1. The highest BCUT2D eigenvalue weighted by Crippen LogP contribution is 2.33. The molecule has 0 aliphatic carbocycles. The number of hydrogen-bond acceptors (Lipinski definition) is 4. The number of carbonyl (C=O) groups excluding carboxylic acids is 2. The van der Waals surface area contributed by atoms with E-state index in [-0.39, 0.29) is 24.2 Å². The summed E-state index contributed by atoms with van der Waals surface area (Å²) >= 11 is 0. The van der Waals surface area contributed by atoms with Gasteiger partial charge in [0.2, 0.25) is 11.8 Å². The third-order valence-corrected chi connectivity index (χ3v) is 5.36. The molecule has 6 heteroatoms. The molecule has 2 amide bonds. The maximum absolute atomic E-state index is 12.8. The lowest BCUT2D eigenvalue weighted by Crippen LogP contribution is -2.28. The average molecular weight is 394 g/mol. The molecule has 1 fully saturated rings. The van der Waals surface area contributed by atoms with Crippen LogP contribution in [-0.4, -0.2) is 31.6 Å². The number of fused-ring (bicyclic) bond motifs is 1. The van der Waals surface area contributed by atoms with E-state index in [9.17, 15) is 9.59 Å². The number of benzene rings is 2. The predicted octanol–water partition coefficient (Wildman–Crippen LogP) is 3.96. The molecule has 1 N–H and O–H groups in total. The van der Waals surface area contributed by atoms with Crippen molar-refractivity contribution in [2.24, 2.45) is 5.92 Å². The molecule has 2 aromatic rings. The molecule has 0 radical (unpaired) electrons. The van der Waals surface area contributed by atoms with Gasteiger partial charge in [0.1, 0.15) is 0 Å². The third kappa shape index (κ3) is 4.21. The molecular formula is C23H26N2O4. The van der Waals surface area contributed by atoms with Gasteiger partial charge >= 0.3 is 0 Å². The molecule has 0 aromatic heterocycles. The zero-order valence-corrected chi connectivity index (χ0v) is 16.8. The Morgan fingerprint density at radius 3 is 2.69 bits per heavy atom. The molecule has 0 bridgehead atoms. The summed E-state index contributed by atoms with van der Waals surface area (Å²) in [5, 5.41) is 2.92. The Morgan fingerprint density at radius 1 is 1.10 bits per heavy atom. The Kier molecular flexibility index (Phi) is 5.43. The van der Waals surface area contributed by atoms with E-state index >= 15 is 0 Å². The second-order valence-corrected chi connectivity index (χ2v) is 7.86. The van der Waals surface area contributed by atoms with Crippen molar-refractivity contribution in [2.45, 2.75) is 32.6 Å². The number of rotatable bonds is 4. The Balaban J connectivity index is 1.44. The molecule has 2 aromatic carbocycles. The standard InChI is InChI=1S/C23H26N2O4/c1-15(2)16-5-3-6-19(11-16)25-14-17(12-22(25)26)23(27)24-18-7-8-20-21(13-18)29-10-4-9-28-20/h3,5-8,11,13,15,17H,4,9-10,12,14H2,1-2H3,(H,24,27)/t17-/m1/s1. The quantitative estimate of drug-likeness (QED) is 0.852. The molecule has 6 nitrogen and oxygen atoms in total. The first kappa shape index (κ1) is 19.3. The van der Waals surface area contributed by atoms with Crippen molar-refractivity contribution in [1.29, 1.82) is 0 Å². The fourth-order valence-electron chi connectivity index (χ4n) is 3.67. The lowest BCUT2D eigenvalue weighted by molar-refractivity contribution is -0.122. The van der Waals surface area contributed by atoms with Crippen molar-refractivity contribution < 1.29 is 19.1 Å². The van der Waals surface area contributed by atoms with Crippen molar-refractivity contribution in [3.05, 3.63) is 48.0 Å². The molecule has 1 atom stereocenters. The maximum Gasteiger partial charge on any atom is 0.229 e. The number of amides is 2. The highest BCUT2D eigenvalue weighted by molar-refractivity contribution is 6.03. The van der Waals surface area contributed by atoms with Gasteiger partial charge in [-0.05, 0) is 35.7 Å². The summed E-state index contributed by atoms with van der Waals surface area (Å²) in [5.74, 6) is 1.13. The van der Waals surface area contributed by atoms with Crippen LogP contribution in [0, 0.1) is 5.92 Å². The molecule has 0 unspecified atom stereocenters. The smallest absolute Gasteiger partial charge is 0.229 e. The van der Waals surface area contributed by atoms with E-state index < -0.39 is 0 Å². The summed E-state index contributed by atoms with van der Waals surface area (Å²) in [5.41, 5.74) is 2.68. The van der Waals surface area contributed by atoms with Gasteiger partial charge in [-0.2, -0.15) is 0 Å². The largest absolute Gasteiger partial charge is 0.490 e. The van der Waals surface area contributed by atoms with Crippen LogP contribution in [0.4, 0.5) is 11.4 Å². The molecule has 152 valence electrons. The molecule has 2 aliphatic rings. The SMILES string of the molecule is CC(C)c1cccc(N2C[C@H](C(=O)Nc3ccc4c(c3)OCCCO4)CC2=O)c1. The summed E-state index contributed by atoms with van der Waals surface area (Å²) < 4.78 is 11.3. The topological polar surface area (TPSA) is 67.9 Å². The minimum absolute atomic E-state index is 0.0234. The van der Waals surface area contributed by atoms with Crippen molar-refractivity contribution in [1.82, 2.24) is 0 Å². The van der Waals surface area contributed by atoms with E-state index in [0.29, 0.717) is 42.9 Å². The van der Waals surface area contributed by atoms with Crippen LogP contribution in [0.1, 0.15) is 38.2 Å². The van der Waals surface area contributed by atoms with Gasteiger partial charge in [-0.15, -0.1) is 0 Å². The summed E-state index contributed by atoms with van der Waals surface area (Å²) in [4.78, 5) is 27.1. The van der Waals surface area contributed by atoms with Gasteiger partial charge in [-0.3, -0.25) is 9.59 Å². The van der Waals surface area contributed by atoms with Crippen molar-refractivity contribution >= 4 is 23.2 Å². The Labute approximate surface area is 170 Å². The van der Waals surface area contributed by atoms with Crippen LogP contribution in [0.5, 0.6) is 11.5 Å². The van der Waals surface area contributed by atoms with Gasteiger partial charge in [0.05, 0.1) is 19.1 Å². The van der Waals surface area contributed by atoms with Crippen LogP contribution in [-0.2, 0) is 9.59 Å². The second kappa shape index (κ2) is 8.15. The second-order valence-electron chi connectivity index (χ2n) is 7.86. The summed E-state index contributed by atoms with van der Waals surface area (Å²) in [7, 11) is 0. The minimum atomic E-state index is -0.388. The zero-order valence-electron chi connectivity index (χ0n) is 16.8. The van der Waals surface area contributed by atoms with Crippen molar-refractivity contribution in [2.75, 3.05) is 30.0 Å². The lowest BCUT2D eigenvalue weighted by atomic mass is 10.0. The molecule has 1 saturated heterocycles. The molecule has 0 spiro atoms. The van der Waals surface area contributed by atoms with Gasteiger partial charge in [-0.25, -0.2) is 0 Å². The maximum atomic E-state index is 12.8. The Bertz CT molecular complexity index is 925. The van der Waals surface area contributed by atoms with E-state index in [2.05, 4.69) is 25.2 Å². The summed E-state index contributed by atoms with van der Waals surface area (Å²) in [6.07, 6.45) is 1.04. The monoisotopic (exact) mass is 394 g/mol. The van der Waals surface area contributed by atoms with Crippen LogP contribution < -0.4 is 19.7 Å². The Hall–Kier alpha value is -3.02. The third-order valence-electron chi connectivity index (χ3n) is 5.36. The van der Waals surface area contributed by atoms with E-state index in [1.165, 1.54) is 5.56 Å². The predicted molar refractivity (Wildman–Crippen MR) is 112 cm³/mol. The molecule has 2 aliphatic heterocycles. The fraction of sp³-hybridized carbons (Fsp3) is 0.391. The summed E-state index contributed by atoms with van der Waals surface area (Å²) in [6.45, 7) is 5.84. The number of anilines is 2. The Morgan fingerprint density at radius 2 is 1.90 bits per heavy atom. The molecular weight excluding hydrogens is 368 g/mol. The zero-order chi connectivity index (χ0) is 20.4. The van der Waals surface area contributed by atoms with Gasteiger partial charge in [0, 0.05) is 36.8 Å².